The van der Waals surface area contributed by atoms with Crippen LogP contribution in [0.15, 0.2) is 82.9 Å². The van der Waals surface area contributed by atoms with Crippen molar-refractivity contribution in [1.82, 2.24) is 49.1 Å². The fraction of sp³-hybridized carbons (Fsp3) is 0.491. The topological polar surface area (TPSA) is 181 Å². The fourth-order valence-corrected chi connectivity index (χ4v) is 9.65. The van der Waals surface area contributed by atoms with Crippen LogP contribution in [-0.2, 0) is 43.3 Å². The highest BCUT2D eigenvalue weighted by Gasteiger charge is 2.34. The molecule has 0 atom stereocenters. The van der Waals surface area contributed by atoms with E-state index in [0.717, 1.165) is 61.9 Å². The number of amides is 1. The Labute approximate surface area is 438 Å². The summed E-state index contributed by atoms with van der Waals surface area (Å²) < 4.78 is 110. The smallest absolute Gasteiger partial charge is 0.417 e. The maximum atomic E-state index is 13.3. The van der Waals surface area contributed by atoms with Gasteiger partial charge in [-0.05, 0) is 83.8 Å². The first-order valence-electron chi connectivity index (χ1n) is 25.5. The molecule has 0 bridgehead atoms. The number of pyridine rings is 6. The van der Waals surface area contributed by atoms with Gasteiger partial charge in [0.05, 0.1) is 63.5 Å². The van der Waals surface area contributed by atoms with Crippen LogP contribution >= 0.6 is 0 Å². The standard InChI is InChI=1S/C29H34F3N5O5.C24H26F3N5O3/c1-28(2,3)42-27(39)37(18-20-15-24-25(17-33-20)41-13-12-40-24)21-6-8-35(9-7-21)10-11-36-23-14-19(29(30,31)32)16-34-22(23)4-5-26(36)38;25-24(26,27)16-11-20-19(30-13-16)1-2-23(33)32(20)8-7-31-5-3-17(4-6-31)28-14-18-12-21-22(15-29-18)35-10-9-34-21/h4-5,14-17,21H,6-13,18H2,1-3H3;1-2,11-13,15,17,28H,3-10,14H2. The number of aromatic nitrogens is 6. The van der Waals surface area contributed by atoms with Gasteiger partial charge >= 0.3 is 18.4 Å². The van der Waals surface area contributed by atoms with Crippen molar-refractivity contribution in [3.8, 4) is 23.0 Å². The number of hydrogen-bond donors (Lipinski definition) is 1. The van der Waals surface area contributed by atoms with E-state index in [2.05, 4.69) is 35.1 Å². The molecule has 77 heavy (non-hydrogen) atoms. The van der Waals surface area contributed by atoms with Crippen molar-refractivity contribution in [2.45, 2.75) is 103 Å². The molecule has 10 heterocycles. The van der Waals surface area contributed by atoms with Crippen LogP contribution in [0.4, 0.5) is 31.1 Å². The summed E-state index contributed by atoms with van der Waals surface area (Å²) in [4.78, 5) is 61.1. The van der Waals surface area contributed by atoms with Crippen molar-refractivity contribution in [2.75, 3.05) is 65.7 Å². The van der Waals surface area contributed by atoms with E-state index < -0.39 is 35.2 Å². The zero-order valence-corrected chi connectivity index (χ0v) is 42.9. The van der Waals surface area contributed by atoms with Gasteiger partial charge in [-0.3, -0.25) is 34.4 Å². The number of fused-ring (bicyclic) bond motifs is 4. The molecule has 10 rings (SSSR count). The first-order chi connectivity index (χ1) is 36.7. The lowest BCUT2D eigenvalue weighted by Crippen LogP contribution is -2.49. The summed E-state index contributed by atoms with van der Waals surface area (Å²) in [6, 6.07) is 11.4. The molecular weight excluding hydrogens is 1020 g/mol. The van der Waals surface area contributed by atoms with Crippen LogP contribution in [0.5, 0.6) is 23.0 Å². The number of nitrogens with zero attached hydrogens (tertiary/aromatic N) is 9. The molecule has 1 N–H and O–H groups in total. The summed E-state index contributed by atoms with van der Waals surface area (Å²) in [5, 5.41) is 3.54. The van der Waals surface area contributed by atoms with Crippen molar-refractivity contribution in [3.05, 3.63) is 117 Å². The highest BCUT2D eigenvalue weighted by molar-refractivity contribution is 5.76. The summed E-state index contributed by atoms with van der Waals surface area (Å²) in [5.74, 6) is 2.55. The molecule has 6 aromatic rings. The van der Waals surface area contributed by atoms with Crippen LogP contribution in [0.1, 0.15) is 69.0 Å². The maximum Gasteiger partial charge on any atom is 0.417 e. The summed E-state index contributed by atoms with van der Waals surface area (Å²) >= 11 is 0. The highest BCUT2D eigenvalue weighted by atomic mass is 19.4. The predicted octanol–water partition coefficient (Wildman–Crippen LogP) is 7.32. The van der Waals surface area contributed by atoms with Crippen molar-refractivity contribution in [3.63, 3.8) is 0 Å². The Morgan fingerprint density at radius 3 is 1.55 bits per heavy atom. The van der Waals surface area contributed by atoms with Gasteiger partial charge in [-0.2, -0.15) is 26.3 Å². The maximum absolute atomic E-state index is 13.3. The van der Waals surface area contributed by atoms with E-state index in [4.69, 9.17) is 23.7 Å². The molecular formula is C53H60F6N10O8. The lowest BCUT2D eigenvalue weighted by atomic mass is 10.0. The number of likely N-dealkylation sites (tertiary alicyclic amines) is 2. The van der Waals surface area contributed by atoms with Gasteiger partial charge in [-0.15, -0.1) is 0 Å². The fourth-order valence-electron chi connectivity index (χ4n) is 9.65. The van der Waals surface area contributed by atoms with Crippen molar-refractivity contribution in [2.24, 2.45) is 0 Å². The number of hydrogen-bond acceptors (Lipinski definition) is 15. The second-order valence-corrected chi connectivity index (χ2v) is 20.2. The number of ether oxygens (including phenoxy) is 5. The second-order valence-electron chi connectivity index (χ2n) is 20.2. The molecule has 0 spiro atoms. The highest BCUT2D eigenvalue weighted by Crippen LogP contribution is 2.34. The van der Waals surface area contributed by atoms with Gasteiger partial charge in [0, 0.05) is 94.6 Å². The minimum Gasteiger partial charge on any atom is -0.486 e. The lowest BCUT2D eigenvalue weighted by Gasteiger charge is -2.39. The number of halogens is 6. The molecule has 0 aliphatic carbocycles. The molecule has 4 aliphatic heterocycles. The molecule has 18 nitrogen and oxygen atoms in total. The van der Waals surface area contributed by atoms with Crippen LogP contribution in [-0.4, -0.2) is 133 Å². The summed E-state index contributed by atoms with van der Waals surface area (Å²) in [6.45, 7) is 12.7. The largest absolute Gasteiger partial charge is 0.486 e. The Morgan fingerprint density at radius 1 is 0.610 bits per heavy atom. The van der Waals surface area contributed by atoms with Crippen molar-refractivity contribution < 1.29 is 54.8 Å². The molecule has 412 valence electrons. The van der Waals surface area contributed by atoms with E-state index in [1.165, 1.54) is 33.4 Å². The van der Waals surface area contributed by atoms with Gasteiger partial charge in [0.15, 0.2) is 23.0 Å². The van der Waals surface area contributed by atoms with Crippen LogP contribution < -0.4 is 35.4 Å². The van der Waals surface area contributed by atoms with Gasteiger partial charge < -0.3 is 47.9 Å². The van der Waals surface area contributed by atoms with Gasteiger partial charge in [-0.1, -0.05) is 0 Å². The number of rotatable bonds is 12. The van der Waals surface area contributed by atoms with Crippen molar-refractivity contribution in [1.29, 1.82) is 0 Å². The minimum absolute atomic E-state index is 0.120. The molecule has 2 saturated heterocycles. The average molecular weight is 1080 g/mol. The van der Waals surface area contributed by atoms with E-state index in [1.54, 1.807) is 23.4 Å². The third kappa shape index (κ3) is 13.9. The Morgan fingerprint density at radius 2 is 1.06 bits per heavy atom. The number of carbonyl (C=O) groups excluding carboxylic acids is 1. The first kappa shape index (κ1) is 54.7. The first-order valence-corrected chi connectivity index (χ1v) is 25.5. The van der Waals surface area contributed by atoms with E-state index >= 15 is 0 Å². The minimum atomic E-state index is -4.56. The lowest BCUT2D eigenvalue weighted by molar-refractivity contribution is -0.138. The zero-order chi connectivity index (χ0) is 54.5. The van der Waals surface area contributed by atoms with Crippen LogP contribution in [0.25, 0.3) is 22.1 Å². The molecule has 0 unspecified atom stereocenters. The Bertz CT molecular complexity index is 3170. The summed E-state index contributed by atoms with van der Waals surface area (Å²) in [5.41, 5.74) is -0.574. The number of nitrogens with one attached hydrogen (secondary N) is 1. The molecule has 4 aliphatic rings. The quantitative estimate of drug-likeness (QED) is 0.120. The SMILES string of the molecule is CC(C)(C)OC(=O)N(Cc1cc2c(cn1)OCCO2)C1CCN(CCn2c(=O)ccc3ncc(C(F)(F)F)cc32)CC1.O=c1ccc2ncc(C(F)(F)F)cc2n1CCN1CCC(NCc2cc3c(cn2)OCCO3)CC1. The number of alkyl halides is 6. The zero-order valence-electron chi connectivity index (χ0n) is 42.9. The monoisotopic (exact) mass is 1080 g/mol. The molecule has 0 aromatic carbocycles. The second kappa shape index (κ2) is 23.3. The molecule has 6 aromatic heterocycles. The van der Waals surface area contributed by atoms with Gasteiger partial charge in [-0.25, -0.2) is 4.79 Å². The van der Waals surface area contributed by atoms with Gasteiger partial charge in [0.1, 0.15) is 32.0 Å². The summed E-state index contributed by atoms with van der Waals surface area (Å²) in [6.07, 6.45) is -1.50. The molecule has 0 saturated carbocycles. The third-order valence-electron chi connectivity index (χ3n) is 13.7. The Balaban J connectivity index is 0.000000191. The van der Waals surface area contributed by atoms with E-state index in [0.29, 0.717) is 119 Å². The predicted molar refractivity (Wildman–Crippen MR) is 270 cm³/mol. The Kier molecular flexibility index (Phi) is 16.5. The number of carbonyl (C=O) groups is 1. The number of piperidine rings is 2. The van der Waals surface area contributed by atoms with Crippen LogP contribution in [0.3, 0.4) is 0 Å². The molecule has 0 radical (unpaired) electrons. The molecule has 1 amide bonds. The summed E-state index contributed by atoms with van der Waals surface area (Å²) in [7, 11) is 0. The van der Waals surface area contributed by atoms with Gasteiger partial charge in [0.2, 0.25) is 0 Å². The van der Waals surface area contributed by atoms with Crippen molar-refractivity contribution >= 4 is 28.2 Å². The third-order valence-corrected chi connectivity index (χ3v) is 13.7. The van der Waals surface area contributed by atoms with E-state index in [-0.39, 0.29) is 41.3 Å². The van der Waals surface area contributed by atoms with Crippen LogP contribution in [0, 0.1) is 0 Å². The molecule has 24 heteroatoms. The normalized spacial score (nSPS) is 16.7. The van der Waals surface area contributed by atoms with E-state index in [9.17, 15) is 40.7 Å². The van der Waals surface area contributed by atoms with Crippen LogP contribution in [0.2, 0.25) is 0 Å². The van der Waals surface area contributed by atoms with E-state index in [1.807, 2.05) is 26.8 Å². The Hall–Kier alpha value is -7.05. The molecule has 2 fully saturated rings. The average Bonchev–Trinajstić information content (AvgIpc) is 3.41. The van der Waals surface area contributed by atoms with Gasteiger partial charge in [0.25, 0.3) is 11.1 Å².